The number of aromatic nitrogens is 1. The highest BCUT2D eigenvalue weighted by Gasteiger charge is 2.20. The zero-order chi connectivity index (χ0) is 13.9. The molecule has 0 aliphatic carbocycles. The molecule has 102 valence electrons. The molecule has 0 atom stereocenters. The van der Waals surface area contributed by atoms with E-state index in [1.165, 1.54) is 0 Å². The topological polar surface area (TPSA) is 65.2 Å². The largest absolute Gasteiger partial charge is 0.493 e. The molecule has 1 aromatic carbocycles. The van der Waals surface area contributed by atoms with E-state index in [2.05, 4.69) is 4.98 Å². The lowest BCUT2D eigenvalue weighted by Gasteiger charge is -2.19. The maximum atomic E-state index is 12.6. The predicted octanol–water partition coefficient (Wildman–Crippen LogP) is 2.10. The Labute approximate surface area is 117 Å². The van der Waals surface area contributed by atoms with Crippen LogP contribution in [-0.4, -0.2) is 17.4 Å². The molecule has 1 aromatic heterocycles. The fourth-order valence-electron chi connectivity index (χ4n) is 2.45. The monoisotopic (exact) mass is 268 g/mol. The number of aryl methyl sites for hydroxylation is 1. The van der Waals surface area contributed by atoms with Crippen LogP contribution in [0.5, 0.6) is 5.75 Å². The van der Waals surface area contributed by atoms with E-state index in [-0.39, 0.29) is 5.78 Å². The third-order valence-electron chi connectivity index (χ3n) is 3.47. The van der Waals surface area contributed by atoms with Crippen LogP contribution < -0.4 is 10.5 Å². The summed E-state index contributed by atoms with van der Waals surface area (Å²) in [6.45, 7) is 0.992. The van der Waals surface area contributed by atoms with Crippen molar-refractivity contribution in [3.63, 3.8) is 0 Å². The Bertz CT molecular complexity index is 653. The normalized spacial score (nSPS) is 13.4. The van der Waals surface area contributed by atoms with Gasteiger partial charge in [-0.15, -0.1) is 0 Å². The molecule has 0 spiro atoms. The Morgan fingerprint density at radius 1 is 1.35 bits per heavy atom. The highest BCUT2D eigenvalue weighted by Crippen LogP contribution is 2.30. The van der Waals surface area contributed by atoms with Gasteiger partial charge in [-0.1, -0.05) is 12.1 Å². The van der Waals surface area contributed by atoms with Crippen molar-refractivity contribution in [2.45, 2.75) is 19.4 Å². The fraction of sp³-hybridized carbons (Fsp3) is 0.250. The maximum Gasteiger partial charge on any atom is 0.196 e. The number of hydrogen-bond donors (Lipinski definition) is 1. The van der Waals surface area contributed by atoms with Crippen molar-refractivity contribution >= 4 is 5.78 Å². The van der Waals surface area contributed by atoms with Crippen LogP contribution in [-0.2, 0) is 13.0 Å². The molecule has 4 heteroatoms. The lowest BCUT2D eigenvalue weighted by atomic mass is 9.97. The first-order chi connectivity index (χ1) is 9.79. The number of carbonyl (C=O) groups is 1. The van der Waals surface area contributed by atoms with E-state index in [0.717, 1.165) is 24.2 Å². The summed E-state index contributed by atoms with van der Waals surface area (Å²) in [5.41, 5.74) is 8.61. The van der Waals surface area contributed by atoms with Crippen LogP contribution in [0.4, 0.5) is 0 Å². The van der Waals surface area contributed by atoms with Crippen LogP contribution >= 0.6 is 0 Å². The average Bonchev–Trinajstić information content (AvgIpc) is 2.53. The summed E-state index contributed by atoms with van der Waals surface area (Å²) in [7, 11) is 0. The van der Waals surface area contributed by atoms with Crippen LogP contribution in [0, 0.1) is 0 Å². The van der Waals surface area contributed by atoms with Gasteiger partial charge in [0.1, 0.15) is 5.75 Å². The van der Waals surface area contributed by atoms with Gasteiger partial charge in [-0.05, 0) is 36.6 Å². The van der Waals surface area contributed by atoms with E-state index in [9.17, 15) is 4.79 Å². The maximum absolute atomic E-state index is 12.6. The van der Waals surface area contributed by atoms with Crippen molar-refractivity contribution < 1.29 is 9.53 Å². The molecule has 20 heavy (non-hydrogen) atoms. The summed E-state index contributed by atoms with van der Waals surface area (Å²) in [6.07, 6.45) is 3.57. The minimum atomic E-state index is -0.0409. The number of benzene rings is 1. The number of fused-ring (bicyclic) bond motifs is 1. The molecule has 0 fully saturated rings. The zero-order valence-corrected chi connectivity index (χ0v) is 11.1. The highest BCUT2D eigenvalue weighted by molar-refractivity contribution is 6.11. The lowest BCUT2D eigenvalue weighted by molar-refractivity contribution is 0.103. The molecule has 0 amide bonds. The summed E-state index contributed by atoms with van der Waals surface area (Å²) in [5, 5.41) is 0. The van der Waals surface area contributed by atoms with Gasteiger partial charge in [0.15, 0.2) is 5.78 Å². The Hall–Kier alpha value is -2.20. The minimum absolute atomic E-state index is 0.0409. The molecular formula is C16H16N2O2. The highest BCUT2D eigenvalue weighted by atomic mass is 16.5. The molecule has 2 N–H and O–H groups in total. The van der Waals surface area contributed by atoms with Crippen LogP contribution in [0.3, 0.4) is 0 Å². The number of carbonyl (C=O) groups excluding carboxylic acids is 1. The van der Waals surface area contributed by atoms with Gasteiger partial charge in [0.2, 0.25) is 0 Å². The van der Waals surface area contributed by atoms with Crippen LogP contribution in [0.15, 0.2) is 36.5 Å². The first-order valence-corrected chi connectivity index (χ1v) is 6.74. The van der Waals surface area contributed by atoms with Gasteiger partial charge in [-0.3, -0.25) is 9.78 Å². The second-order valence-corrected chi connectivity index (χ2v) is 4.81. The second-order valence-electron chi connectivity index (χ2n) is 4.81. The van der Waals surface area contributed by atoms with Gasteiger partial charge < -0.3 is 10.5 Å². The van der Waals surface area contributed by atoms with Gasteiger partial charge >= 0.3 is 0 Å². The van der Waals surface area contributed by atoms with Gasteiger partial charge in [-0.25, -0.2) is 0 Å². The first-order valence-electron chi connectivity index (χ1n) is 6.74. The summed E-state index contributed by atoms with van der Waals surface area (Å²) in [6, 6.07) is 9.19. The molecule has 0 bridgehead atoms. The quantitative estimate of drug-likeness (QED) is 0.866. The third kappa shape index (κ3) is 2.30. The fourth-order valence-corrected chi connectivity index (χ4v) is 2.45. The predicted molar refractivity (Wildman–Crippen MR) is 75.8 cm³/mol. The molecular weight excluding hydrogens is 252 g/mol. The van der Waals surface area contributed by atoms with Gasteiger partial charge in [0.25, 0.3) is 0 Å². The van der Waals surface area contributed by atoms with Crippen molar-refractivity contribution in [2.75, 3.05) is 6.61 Å². The Morgan fingerprint density at radius 2 is 2.25 bits per heavy atom. The van der Waals surface area contributed by atoms with Gasteiger partial charge in [0, 0.05) is 18.3 Å². The van der Waals surface area contributed by atoms with Gasteiger partial charge in [0.05, 0.1) is 17.9 Å². The van der Waals surface area contributed by atoms with Crippen molar-refractivity contribution in [3.8, 4) is 5.75 Å². The Kier molecular flexibility index (Phi) is 3.48. The molecule has 2 aromatic rings. The second kappa shape index (κ2) is 5.43. The molecule has 0 saturated carbocycles. The summed E-state index contributed by atoms with van der Waals surface area (Å²) >= 11 is 0. The van der Waals surface area contributed by atoms with E-state index in [0.29, 0.717) is 30.0 Å². The molecule has 3 rings (SSSR count). The summed E-state index contributed by atoms with van der Waals surface area (Å²) < 4.78 is 5.69. The van der Waals surface area contributed by atoms with E-state index < -0.39 is 0 Å². The van der Waals surface area contributed by atoms with Crippen LogP contribution in [0.25, 0.3) is 0 Å². The lowest BCUT2D eigenvalue weighted by Crippen LogP contribution is -2.13. The van der Waals surface area contributed by atoms with E-state index in [4.69, 9.17) is 10.5 Å². The number of ether oxygens (including phenoxy) is 1. The smallest absolute Gasteiger partial charge is 0.196 e. The molecule has 2 heterocycles. The van der Waals surface area contributed by atoms with Crippen LogP contribution in [0.1, 0.15) is 33.6 Å². The van der Waals surface area contributed by atoms with Gasteiger partial charge in [-0.2, -0.15) is 0 Å². The minimum Gasteiger partial charge on any atom is -0.493 e. The van der Waals surface area contributed by atoms with Crippen molar-refractivity contribution in [1.82, 2.24) is 4.98 Å². The number of nitrogens with zero attached hydrogens (tertiary/aromatic N) is 1. The Balaban J connectivity index is 2.02. The molecule has 4 nitrogen and oxygen atoms in total. The molecule has 0 unspecified atom stereocenters. The average molecular weight is 268 g/mol. The van der Waals surface area contributed by atoms with Crippen molar-refractivity contribution in [2.24, 2.45) is 5.73 Å². The van der Waals surface area contributed by atoms with E-state index >= 15 is 0 Å². The third-order valence-corrected chi connectivity index (χ3v) is 3.47. The molecule has 0 saturated heterocycles. The van der Waals surface area contributed by atoms with E-state index in [1.54, 1.807) is 18.3 Å². The van der Waals surface area contributed by atoms with Crippen molar-refractivity contribution in [3.05, 3.63) is 58.9 Å². The number of hydrogen-bond acceptors (Lipinski definition) is 4. The SMILES string of the molecule is NCc1cc(C(=O)c2cccc3c2OCCC3)ccn1. The van der Waals surface area contributed by atoms with Crippen LogP contribution in [0.2, 0.25) is 0 Å². The molecule has 1 aliphatic rings. The summed E-state index contributed by atoms with van der Waals surface area (Å²) in [5.74, 6) is 0.690. The number of pyridine rings is 1. The first kappa shape index (κ1) is 12.8. The number of para-hydroxylation sites is 1. The van der Waals surface area contributed by atoms with Crippen molar-refractivity contribution in [1.29, 1.82) is 0 Å². The number of ketones is 1. The summed E-state index contributed by atoms with van der Waals surface area (Å²) in [4.78, 5) is 16.8. The molecule has 0 radical (unpaired) electrons. The number of nitrogens with two attached hydrogens (primary N) is 1. The standard InChI is InChI=1S/C16H16N2O2/c17-10-13-9-12(6-7-18-13)15(19)14-5-1-3-11-4-2-8-20-16(11)14/h1,3,5-7,9H,2,4,8,10,17H2. The van der Waals surface area contributed by atoms with E-state index in [1.807, 2.05) is 18.2 Å². The Morgan fingerprint density at radius 3 is 3.10 bits per heavy atom. The number of rotatable bonds is 3. The molecule has 1 aliphatic heterocycles. The zero-order valence-electron chi connectivity index (χ0n) is 11.1.